The second-order valence-corrected chi connectivity index (χ2v) is 5.46. The third-order valence-electron chi connectivity index (χ3n) is 3.12. The molecule has 0 amide bonds. The Hall–Kier alpha value is -1.13. The minimum atomic E-state index is -0.828. The topological polar surface area (TPSA) is 40.5 Å². The zero-order chi connectivity index (χ0) is 13.0. The van der Waals surface area contributed by atoms with Crippen molar-refractivity contribution in [3.63, 3.8) is 0 Å². The summed E-state index contributed by atoms with van der Waals surface area (Å²) >= 11 is 3.47. The summed E-state index contributed by atoms with van der Waals surface area (Å²) in [5.74, 6) is -0.828. The van der Waals surface area contributed by atoms with Crippen molar-refractivity contribution in [3.8, 4) is 0 Å². The molecule has 0 saturated carbocycles. The Morgan fingerprint density at radius 3 is 2.72 bits per heavy atom. The van der Waals surface area contributed by atoms with Crippen molar-refractivity contribution in [2.45, 2.75) is 19.4 Å². The molecule has 18 heavy (non-hydrogen) atoms. The molecule has 0 atom stereocenters. The van der Waals surface area contributed by atoms with Crippen LogP contribution in [0.25, 0.3) is 0 Å². The summed E-state index contributed by atoms with van der Waals surface area (Å²) in [6.07, 6.45) is 3.08. The number of rotatable bonds is 3. The number of benzene rings is 1. The molecular formula is C14H16BrNO2. The van der Waals surface area contributed by atoms with E-state index in [0.29, 0.717) is 0 Å². The molecule has 1 aliphatic heterocycles. The second-order valence-electron chi connectivity index (χ2n) is 4.55. The van der Waals surface area contributed by atoms with Crippen LogP contribution < -0.4 is 0 Å². The molecule has 0 radical (unpaired) electrons. The molecule has 2 rings (SSSR count). The van der Waals surface area contributed by atoms with Crippen molar-refractivity contribution >= 4 is 21.9 Å². The Morgan fingerprint density at radius 2 is 2.11 bits per heavy atom. The number of aliphatic carboxylic acids is 1. The number of hydrogen-bond donors (Lipinski definition) is 1. The average Bonchev–Trinajstić information content (AvgIpc) is 2.31. The van der Waals surface area contributed by atoms with Gasteiger partial charge in [-0.05, 0) is 30.5 Å². The van der Waals surface area contributed by atoms with Gasteiger partial charge in [0.15, 0.2) is 0 Å². The second kappa shape index (κ2) is 6.16. The minimum Gasteiger partial charge on any atom is -0.478 e. The molecular weight excluding hydrogens is 294 g/mol. The van der Waals surface area contributed by atoms with Gasteiger partial charge in [0, 0.05) is 30.2 Å². The van der Waals surface area contributed by atoms with Crippen LogP contribution in [0.4, 0.5) is 0 Å². The summed E-state index contributed by atoms with van der Waals surface area (Å²) in [6, 6.07) is 8.31. The molecule has 0 bridgehead atoms. The van der Waals surface area contributed by atoms with Gasteiger partial charge in [-0.2, -0.15) is 0 Å². The Kier molecular flexibility index (Phi) is 4.55. The molecule has 1 heterocycles. The number of nitrogens with zero attached hydrogens (tertiary/aromatic N) is 1. The zero-order valence-electron chi connectivity index (χ0n) is 10.1. The number of carbonyl (C=O) groups is 1. The predicted octanol–water partition coefficient (Wildman–Crippen LogP) is 3.06. The predicted molar refractivity (Wildman–Crippen MR) is 74.4 cm³/mol. The fourth-order valence-corrected chi connectivity index (χ4v) is 2.66. The summed E-state index contributed by atoms with van der Waals surface area (Å²) < 4.78 is 1.10. The molecule has 0 spiro atoms. The first kappa shape index (κ1) is 13.3. The summed E-state index contributed by atoms with van der Waals surface area (Å²) in [5, 5.41) is 8.70. The van der Waals surface area contributed by atoms with E-state index in [-0.39, 0.29) is 0 Å². The molecule has 1 aliphatic rings. The summed E-state index contributed by atoms with van der Waals surface area (Å²) in [7, 11) is 0. The Labute approximate surface area is 115 Å². The number of carboxylic acids is 1. The van der Waals surface area contributed by atoms with Gasteiger partial charge in [0.05, 0.1) is 0 Å². The van der Waals surface area contributed by atoms with E-state index in [1.54, 1.807) is 0 Å². The average molecular weight is 310 g/mol. The van der Waals surface area contributed by atoms with E-state index in [2.05, 4.69) is 33.0 Å². The highest BCUT2D eigenvalue weighted by Crippen LogP contribution is 2.19. The SMILES string of the molecule is O=C(O)C=C1CCN(Cc2cccc(Br)c2)CC1. The molecule has 96 valence electrons. The number of hydrogen-bond acceptors (Lipinski definition) is 2. The Morgan fingerprint density at radius 1 is 1.39 bits per heavy atom. The number of halogens is 1. The third-order valence-corrected chi connectivity index (χ3v) is 3.61. The van der Waals surface area contributed by atoms with E-state index >= 15 is 0 Å². The molecule has 0 aromatic heterocycles. The van der Waals surface area contributed by atoms with Gasteiger partial charge >= 0.3 is 5.97 Å². The summed E-state index contributed by atoms with van der Waals surface area (Å²) in [6.45, 7) is 2.80. The van der Waals surface area contributed by atoms with E-state index in [4.69, 9.17) is 5.11 Å². The number of carboxylic acid groups (broad SMARTS) is 1. The highest BCUT2D eigenvalue weighted by Gasteiger charge is 2.14. The molecule has 1 saturated heterocycles. The molecule has 1 N–H and O–H groups in total. The molecule has 0 aliphatic carbocycles. The van der Waals surface area contributed by atoms with Crippen molar-refractivity contribution in [1.82, 2.24) is 4.90 Å². The van der Waals surface area contributed by atoms with Gasteiger partial charge in [-0.1, -0.05) is 33.6 Å². The van der Waals surface area contributed by atoms with E-state index in [1.165, 1.54) is 11.6 Å². The van der Waals surface area contributed by atoms with Crippen molar-refractivity contribution in [2.24, 2.45) is 0 Å². The van der Waals surface area contributed by atoms with E-state index in [0.717, 1.165) is 42.5 Å². The van der Waals surface area contributed by atoms with Gasteiger partial charge in [0.25, 0.3) is 0 Å². The van der Waals surface area contributed by atoms with Gasteiger partial charge in [-0.15, -0.1) is 0 Å². The normalized spacial score (nSPS) is 16.6. The number of piperidine rings is 1. The number of likely N-dealkylation sites (tertiary alicyclic amines) is 1. The van der Waals surface area contributed by atoms with Gasteiger partial charge < -0.3 is 5.11 Å². The van der Waals surface area contributed by atoms with Crippen LogP contribution in [-0.4, -0.2) is 29.1 Å². The molecule has 3 nitrogen and oxygen atoms in total. The molecule has 1 fully saturated rings. The van der Waals surface area contributed by atoms with Gasteiger partial charge in [0.1, 0.15) is 0 Å². The zero-order valence-corrected chi connectivity index (χ0v) is 11.7. The van der Waals surface area contributed by atoms with E-state index < -0.39 is 5.97 Å². The molecule has 1 aromatic carbocycles. The van der Waals surface area contributed by atoms with Crippen LogP contribution in [0.3, 0.4) is 0 Å². The van der Waals surface area contributed by atoms with Gasteiger partial charge in [-0.3, -0.25) is 4.90 Å². The molecule has 0 unspecified atom stereocenters. The Balaban J connectivity index is 1.89. The molecule has 1 aromatic rings. The molecule has 4 heteroatoms. The maximum atomic E-state index is 10.6. The van der Waals surface area contributed by atoms with Crippen molar-refractivity contribution in [1.29, 1.82) is 0 Å². The van der Waals surface area contributed by atoms with Gasteiger partial charge in [-0.25, -0.2) is 4.79 Å². The first-order valence-corrected chi connectivity index (χ1v) is 6.82. The lowest BCUT2D eigenvalue weighted by molar-refractivity contribution is -0.131. The fourth-order valence-electron chi connectivity index (χ4n) is 2.21. The van der Waals surface area contributed by atoms with Crippen LogP contribution in [0, 0.1) is 0 Å². The van der Waals surface area contributed by atoms with Crippen LogP contribution >= 0.6 is 15.9 Å². The first-order valence-electron chi connectivity index (χ1n) is 6.02. The summed E-state index contributed by atoms with van der Waals surface area (Å²) in [4.78, 5) is 12.9. The van der Waals surface area contributed by atoms with E-state index in [9.17, 15) is 4.79 Å². The van der Waals surface area contributed by atoms with Crippen molar-refractivity contribution < 1.29 is 9.90 Å². The lowest BCUT2D eigenvalue weighted by atomic mass is 10.0. The van der Waals surface area contributed by atoms with E-state index in [1.807, 2.05) is 12.1 Å². The standard InChI is InChI=1S/C14H16BrNO2/c15-13-3-1-2-12(8-13)10-16-6-4-11(5-7-16)9-14(17)18/h1-3,8-9H,4-7,10H2,(H,17,18). The highest BCUT2D eigenvalue weighted by molar-refractivity contribution is 9.10. The largest absolute Gasteiger partial charge is 0.478 e. The fraction of sp³-hybridized carbons (Fsp3) is 0.357. The third kappa shape index (κ3) is 3.96. The maximum absolute atomic E-state index is 10.6. The van der Waals surface area contributed by atoms with Crippen LogP contribution in [-0.2, 0) is 11.3 Å². The van der Waals surface area contributed by atoms with Crippen molar-refractivity contribution in [3.05, 3.63) is 46.0 Å². The van der Waals surface area contributed by atoms with Gasteiger partial charge in [0.2, 0.25) is 0 Å². The lowest BCUT2D eigenvalue weighted by Gasteiger charge is -2.28. The van der Waals surface area contributed by atoms with Crippen molar-refractivity contribution in [2.75, 3.05) is 13.1 Å². The quantitative estimate of drug-likeness (QED) is 0.872. The van der Waals surface area contributed by atoms with Crippen LogP contribution in [0.15, 0.2) is 40.4 Å². The lowest BCUT2D eigenvalue weighted by Crippen LogP contribution is -2.30. The Bertz CT molecular complexity index is 461. The van der Waals surface area contributed by atoms with Crippen LogP contribution in [0.1, 0.15) is 18.4 Å². The monoisotopic (exact) mass is 309 g/mol. The van der Waals surface area contributed by atoms with Crippen LogP contribution in [0.2, 0.25) is 0 Å². The highest BCUT2D eigenvalue weighted by atomic mass is 79.9. The maximum Gasteiger partial charge on any atom is 0.328 e. The summed E-state index contributed by atoms with van der Waals surface area (Å²) in [5.41, 5.74) is 2.34. The first-order chi connectivity index (χ1) is 8.63. The minimum absolute atomic E-state index is 0.828. The smallest absolute Gasteiger partial charge is 0.328 e. The van der Waals surface area contributed by atoms with Crippen LogP contribution in [0.5, 0.6) is 0 Å².